The van der Waals surface area contributed by atoms with Gasteiger partial charge in [-0.1, -0.05) is 25.1 Å². The average Bonchev–Trinajstić information content (AvgIpc) is 3.35. The minimum absolute atomic E-state index is 0.452. The molecular formula is C24H28N4OS. The van der Waals surface area contributed by atoms with E-state index in [0.29, 0.717) is 12.1 Å². The van der Waals surface area contributed by atoms with Crippen molar-refractivity contribution in [2.45, 2.75) is 51.1 Å². The molecule has 0 amide bonds. The van der Waals surface area contributed by atoms with Crippen LogP contribution in [0.3, 0.4) is 0 Å². The van der Waals surface area contributed by atoms with Crippen LogP contribution in [0.5, 0.6) is 0 Å². The summed E-state index contributed by atoms with van der Waals surface area (Å²) in [5.74, 6) is 1.85. The first-order valence-corrected chi connectivity index (χ1v) is 11.6. The molecular weight excluding hydrogens is 392 g/mol. The molecule has 0 atom stereocenters. The number of hydrogen-bond donors (Lipinski definition) is 1. The largest absolute Gasteiger partial charge is 0.456 e. The molecule has 5 nitrogen and oxygen atoms in total. The van der Waals surface area contributed by atoms with Crippen molar-refractivity contribution in [2.75, 3.05) is 19.4 Å². The molecule has 3 aromatic heterocycles. The van der Waals surface area contributed by atoms with Gasteiger partial charge in [-0.15, -0.1) is 11.3 Å². The average molecular weight is 421 g/mol. The molecule has 0 spiro atoms. The van der Waals surface area contributed by atoms with Gasteiger partial charge in [0.25, 0.3) is 0 Å². The Hall–Kier alpha value is -2.44. The fourth-order valence-electron chi connectivity index (χ4n) is 4.63. The summed E-state index contributed by atoms with van der Waals surface area (Å²) in [7, 11) is 4.37. The Morgan fingerprint density at radius 1 is 1.13 bits per heavy atom. The number of anilines is 1. The highest BCUT2D eigenvalue weighted by molar-refractivity contribution is 7.19. The Labute approximate surface area is 181 Å². The van der Waals surface area contributed by atoms with Crippen molar-refractivity contribution in [3.8, 4) is 11.3 Å². The number of benzene rings is 1. The van der Waals surface area contributed by atoms with Crippen LogP contribution in [0.15, 0.2) is 41.1 Å². The summed E-state index contributed by atoms with van der Waals surface area (Å²) >= 11 is 1.75. The zero-order chi connectivity index (χ0) is 20.7. The minimum atomic E-state index is 0.452. The van der Waals surface area contributed by atoms with E-state index in [1.807, 2.05) is 18.2 Å². The Kier molecular flexibility index (Phi) is 5.21. The highest BCUT2D eigenvalue weighted by Crippen LogP contribution is 2.43. The highest BCUT2D eigenvalue weighted by atomic mass is 32.1. The van der Waals surface area contributed by atoms with Gasteiger partial charge in [-0.3, -0.25) is 0 Å². The van der Waals surface area contributed by atoms with Gasteiger partial charge in [0.15, 0.2) is 0 Å². The second-order valence-electron chi connectivity index (χ2n) is 8.42. The van der Waals surface area contributed by atoms with Crippen LogP contribution >= 0.6 is 11.3 Å². The van der Waals surface area contributed by atoms with Gasteiger partial charge in [-0.25, -0.2) is 9.97 Å². The number of rotatable bonds is 5. The maximum atomic E-state index is 6.27. The van der Waals surface area contributed by atoms with Gasteiger partial charge >= 0.3 is 0 Å². The van der Waals surface area contributed by atoms with Gasteiger partial charge in [-0.2, -0.15) is 0 Å². The van der Waals surface area contributed by atoms with E-state index in [1.165, 1.54) is 30.6 Å². The van der Waals surface area contributed by atoms with E-state index < -0.39 is 0 Å². The molecule has 156 valence electrons. The van der Waals surface area contributed by atoms with E-state index in [9.17, 15) is 0 Å². The number of furan rings is 1. The van der Waals surface area contributed by atoms with E-state index in [1.54, 1.807) is 17.7 Å². The second-order valence-corrected chi connectivity index (χ2v) is 9.50. The number of thiophene rings is 1. The molecule has 1 aromatic carbocycles. The lowest BCUT2D eigenvalue weighted by molar-refractivity contribution is 0.221. The monoisotopic (exact) mass is 420 g/mol. The molecule has 0 unspecified atom stereocenters. The predicted octanol–water partition coefficient (Wildman–Crippen LogP) is 5.95. The third kappa shape index (κ3) is 3.48. The zero-order valence-corrected chi connectivity index (χ0v) is 18.6. The van der Waals surface area contributed by atoms with Crippen molar-refractivity contribution in [3.05, 3.63) is 41.5 Å². The first-order valence-electron chi connectivity index (χ1n) is 10.8. The third-order valence-corrected chi connectivity index (χ3v) is 7.56. The van der Waals surface area contributed by atoms with Crippen LogP contribution in [0, 0.1) is 0 Å². The quantitative estimate of drug-likeness (QED) is 0.432. The molecule has 0 aliphatic heterocycles. The number of nitrogens with one attached hydrogen (secondary N) is 1. The molecule has 3 heterocycles. The summed E-state index contributed by atoms with van der Waals surface area (Å²) in [6.07, 6.45) is 7.41. The zero-order valence-electron chi connectivity index (χ0n) is 17.8. The van der Waals surface area contributed by atoms with Crippen molar-refractivity contribution in [3.63, 3.8) is 0 Å². The lowest BCUT2D eigenvalue weighted by Gasteiger charge is -2.33. The topological polar surface area (TPSA) is 54.2 Å². The number of aryl methyl sites for hydroxylation is 1. The van der Waals surface area contributed by atoms with Gasteiger partial charge in [0, 0.05) is 27.9 Å². The minimum Gasteiger partial charge on any atom is -0.456 e. The molecule has 1 saturated carbocycles. The van der Waals surface area contributed by atoms with Crippen LogP contribution < -0.4 is 5.32 Å². The van der Waals surface area contributed by atoms with E-state index >= 15 is 0 Å². The lowest BCUT2D eigenvalue weighted by Crippen LogP contribution is -2.36. The second kappa shape index (κ2) is 8.00. The van der Waals surface area contributed by atoms with Gasteiger partial charge in [-0.05, 0) is 58.3 Å². The van der Waals surface area contributed by atoms with Crippen LogP contribution in [0.2, 0.25) is 0 Å². The molecule has 0 bridgehead atoms. The van der Waals surface area contributed by atoms with Crippen molar-refractivity contribution in [1.82, 2.24) is 14.9 Å². The molecule has 4 aromatic rings. The predicted molar refractivity (Wildman–Crippen MR) is 125 cm³/mol. The molecule has 1 aliphatic rings. The number of hydrogen-bond acceptors (Lipinski definition) is 6. The molecule has 5 rings (SSSR count). The SMILES string of the molecule is CCc1sc2ncnc(NC3CCC(N(C)C)CC3)c2c1-c1cc2ccccc2o1. The summed E-state index contributed by atoms with van der Waals surface area (Å²) in [4.78, 5) is 14.0. The maximum Gasteiger partial charge on any atom is 0.139 e. The molecule has 6 heteroatoms. The third-order valence-electron chi connectivity index (χ3n) is 6.32. The van der Waals surface area contributed by atoms with E-state index in [4.69, 9.17) is 4.42 Å². The van der Waals surface area contributed by atoms with Gasteiger partial charge in [0.05, 0.1) is 5.39 Å². The number of fused-ring (bicyclic) bond motifs is 2. The van der Waals surface area contributed by atoms with Crippen LogP contribution in [0.4, 0.5) is 5.82 Å². The summed E-state index contributed by atoms with van der Waals surface area (Å²) in [6, 6.07) is 11.5. The Bertz CT molecular complexity index is 1140. The van der Waals surface area contributed by atoms with Crippen molar-refractivity contribution in [1.29, 1.82) is 0 Å². The van der Waals surface area contributed by atoms with Crippen LogP contribution in [-0.4, -0.2) is 41.0 Å². The molecule has 1 fully saturated rings. The molecule has 30 heavy (non-hydrogen) atoms. The summed E-state index contributed by atoms with van der Waals surface area (Å²) in [6.45, 7) is 2.19. The van der Waals surface area contributed by atoms with E-state index in [2.05, 4.69) is 53.3 Å². The first-order chi connectivity index (χ1) is 14.6. The summed E-state index contributed by atoms with van der Waals surface area (Å²) in [5, 5.41) is 5.99. The first kappa shape index (κ1) is 19.5. The summed E-state index contributed by atoms with van der Waals surface area (Å²) in [5.41, 5.74) is 2.07. The van der Waals surface area contributed by atoms with Gasteiger partial charge in [0.1, 0.15) is 28.3 Å². The summed E-state index contributed by atoms with van der Waals surface area (Å²) < 4.78 is 6.27. The van der Waals surface area contributed by atoms with E-state index in [0.717, 1.165) is 44.7 Å². The van der Waals surface area contributed by atoms with Crippen molar-refractivity contribution in [2.24, 2.45) is 0 Å². The molecule has 0 radical (unpaired) electrons. The smallest absolute Gasteiger partial charge is 0.139 e. The van der Waals surface area contributed by atoms with Crippen LogP contribution in [0.1, 0.15) is 37.5 Å². The van der Waals surface area contributed by atoms with Gasteiger partial charge < -0.3 is 14.6 Å². The van der Waals surface area contributed by atoms with Crippen molar-refractivity contribution >= 4 is 38.3 Å². The normalized spacial score (nSPS) is 19.7. The Morgan fingerprint density at radius 3 is 2.67 bits per heavy atom. The van der Waals surface area contributed by atoms with Crippen molar-refractivity contribution < 1.29 is 4.42 Å². The van der Waals surface area contributed by atoms with Gasteiger partial charge in [0.2, 0.25) is 0 Å². The fraction of sp³-hybridized carbons (Fsp3) is 0.417. The highest BCUT2D eigenvalue weighted by Gasteiger charge is 2.25. The molecule has 0 saturated heterocycles. The molecule has 1 aliphatic carbocycles. The number of para-hydroxylation sites is 1. The maximum absolute atomic E-state index is 6.27. The number of aromatic nitrogens is 2. The molecule has 1 N–H and O–H groups in total. The van der Waals surface area contributed by atoms with E-state index in [-0.39, 0.29) is 0 Å². The number of nitrogens with zero attached hydrogens (tertiary/aromatic N) is 3. The Balaban J connectivity index is 1.54. The lowest BCUT2D eigenvalue weighted by atomic mass is 9.90. The fourth-order valence-corrected chi connectivity index (χ4v) is 5.72. The van der Waals surface area contributed by atoms with Crippen LogP contribution in [-0.2, 0) is 6.42 Å². The Morgan fingerprint density at radius 2 is 1.93 bits per heavy atom. The standard InChI is InChI=1S/C24H28N4OS/c1-4-20-21(19-13-15-7-5-6-8-18(15)29-19)22-23(25-14-26-24(22)30-20)27-16-9-11-17(12-10-16)28(2)3/h5-8,13-14,16-17H,4,9-12H2,1-3H3,(H,25,26,27). The van der Waals surface area contributed by atoms with Crippen LogP contribution in [0.25, 0.3) is 32.5 Å².